The third kappa shape index (κ3) is 6.95. The standard InChI is InChI=1S/C29H39N5O4/c1-29(2,3)22-4-9-25(10-5-22)32-14-16-33(17-15-32)28(35)20-38-26-11-6-23(7-12-26)31-24-8-13-27(34(36)37)21(18-24)19-30/h4-5,8-10,13,18,23,26,31,36-37H,6-7,11-12,14-17,20H2,1-3H3. The molecule has 4 rings (SSSR count). The third-order valence-corrected chi connectivity index (χ3v) is 7.55. The molecule has 3 N–H and O–H groups in total. The third-order valence-electron chi connectivity index (χ3n) is 7.55. The number of carbonyl (C=O) groups is 1. The van der Waals surface area contributed by atoms with Crippen molar-refractivity contribution in [2.75, 3.05) is 48.2 Å². The molecule has 9 nitrogen and oxygen atoms in total. The normalized spacial score (nSPS) is 20.1. The minimum absolute atomic E-state index is 0.0380. The van der Waals surface area contributed by atoms with Gasteiger partial charge in [0, 0.05) is 43.6 Å². The summed E-state index contributed by atoms with van der Waals surface area (Å²) >= 11 is 0. The van der Waals surface area contributed by atoms with E-state index in [4.69, 9.17) is 4.74 Å². The van der Waals surface area contributed by atoms with Crippen LogP contribution in [-0.2, 0) is 14.9 Å². The lowest BCUT2D eigenvalue weighted by Gasteiger charge is -2.37. The summed E-state index contributed by atoms with van der Waals surface area (Å²) in [5, 5.41) is 31.1. The van der Waals surface area contributed by atoms with Crippen LogP contribution in [-0.4, -0.2) is 66.2 Å². The Kier molecular flexibility index (Phi) is 8.77. The summed E-state index contributed by atoms with van der Waals surface area (Å²) in [7, 11) is 0. The quantitative estimate of drug-likeness (QED) is 0.456. The first kappa shape index (κ1) is 27.7. The Balaban J connectivity index is 1.17. The number of nitrogens with one attached hydrogen (secondary N) is 1. The van der Waals surface area contributed by atoms with Gasteiger partial charge in [-0.15, -0.1) is 5.23 Å². The number of anilines is 3. The number of piperazine rings is 1. The Bertz CT molecular complexity index is 1120. The Morgan fingerprint density at radius 1 is 1.05 bits per heavy atom. The Morgan fingerprint density at radius 2 is 1.71 bits per heavy atom. The van der Waals surface area contributed by atoms with Gasteiger partial charge in [0.15, 0.2) is 0 Å². The molecule has 204 valence electrons. The number of rotatable bonds is 7. The highest BCUT2D eigenvalue weighted by molar-refractivity contribution is 5.77. The van der Waals surface area contributed by atoms with Gasteiger partial charge in [0.25, 0.3) is 0 Å². The monoisotopic (exact) mass is 521 g/mol. The molecule has 1 saturated heterocycles. The molecule has 2 aromatic carbocycles. The number of hydrogen-bond donors (Lipinski definition) is 3. The molecule has 1 aliphatic heterocycles. The first-order valence-electron chi connectivity index (χ1n) is 13.4. The van der Waals surface area contributed by atoms with Crippen LogP contribution in [0.25, 0.3) is 0 Å². The average molecular weight is 522 g/mol. The minimum atomic E-state index is -0.0440. The van der Waals surface area contributed by atoms with Gasteiger partial charge in [-0.05, 0) is 67.0 Å². The molecule has 1 heterocycles. The molecule has 1 saturated carbocycles. The molecule has 1 aliphatic carbocycles. The second-order valence-corrected chi connectivity index (χ2v) is 11.2. The summed E-state index contributed by atoms with van der Waals surface area (Å²) in [4.78, 5) is 17.0. The topological polar surface area (TPSA) is 112 Å². The van der Waals surface area contributed by atoms with Crippen molar-refractivity contribution in [3.63, 3.8) is 0 Å². The predicted molar refractivity (Wildman–Crippen MR) is 147 cm³/mol. The molecule has 0 spiro atoms. The van der Waals surface area contributed by atoms with Gasteiger partial charge in [-0.25, -0.2) is 0 Å². The Morgan fingerprint density at radius 3 is 2.29 bits per heavy atom. The van der Waals surface area contributed by atoms with Gasteiger partial charge in [0.2, 0.25) is 5.91 Å². The number of benzene rings is 2. The van der Waals surface area contributed by atoms with Crippen LogP contribution in [0, 0.1) is 11.3 Å². The summed E-state index contributed by atoms with van der Waals surface area (Å²) in [6.07, 6.45) is 3.55. The SMILES string of the molecule is CC(C)(C)c1ccc(N2CCN(C(=O)COC3CCC(Nc4ccc(N(O)O)c(C#N)c4)CC3)CC2)cc1. The molecular formula is C29H39N5O4. The second kappa shape index (κ2) is 12.0. The maximum Gasteiger partial charge on any atom is 0.248 e. The largest absolute Gasteiger partial charge is 0.382 e. The van der Waals surface area contributed by atoms with Gasteiger partial charge in [-0.1, -0.05) is 32.9 Å². The number of carbonyl (C=O) groups excluding carboxylic acids is 1. The van der Waals surface area contributed by atoms with Crippen LogP contribution in [0.2, 0.25) is 0 Å². The molecule has 1 amide bonds. The molecule has 2 aromatic rings. The van der Waals surface area contributed by atoms with Gasteiger partial charge in [-0.2, -0.15) is 5.26 Å². The maximum absolute atomic E-state index is 12.8. The van der Waals surface area contributed by atoms with Crippen molar-refractivity contribution in [2.45, 2.75) is 64.0 Å². The molecular weight excluding hydrogens is 482 g/mol. The molecule has 0 unspecified atom stereocenters. The van der Waals surface area contributed by atoms with Crippen LogP contribution in [0.5, 0.6) is 0 Å². The van der Waals surface area contributed by atoms with Crippen molar-refractivity contribution in [3.8, 4) is 6.07 Å². The van der Waals surface area contributed by atoms with Gasteiger partial charge < -0.3 is 19.9 Å². The summed E-state index contributed by atoms with van der Waals surface area (Å²) in [5.74, 6) is 0.0545. The molecule has 2 fully saturated rings. The van der Waals surface area contributed by atoms with Gasteiger partial charge in [-0.3, -0.25) is 15.2 Å². The molecule has 0 aromatic heterocycles. The van der Waals surface area contributed by atoms with E-state index in [1.807, 2.05) is 11.0 Å². The van der Waals surface area contributed by atoms with Gasteiger partial charge in [0.1, 0.15) is 18.4 Å². The lowest BCUT2D eigenvalue weighted by Crippen LogP contribution is -2.50. The van der Waals surface area contributed by atoms with Crippen LogP contribution in [0.1, 0.15) is 57.6 Å². The highest BCUT2D eigenvalue weighted by Crippen LogP contribution is 2.28. The molecule has 38 heavy (non-hydrogen) atoms. The van der Waals surface area contributed by atoms with E-state index in [1.54, 1.807) is 12.1 Å². The van der Waals surface area contributed by atoms with E-state index in [1.165, 1.54) is 17.3 Å². The van der Waals surface area contributed by atoms with E-state index in [0.717, 1.165) is 44.5 Å². The number of nitrogens with zero attached hydrogens (tertiary/aromatic N) is 4. The van der Waals surface area contributed by atoms with E-state index >= 15 is 0 Å². The van der Waals surface area contributed by atoms with Crippen molar-refractivity contribution >= 4 is 23.0 Å². The Labute approximate surface area is 225 Å². The van der Waals surface area contributed by atoms with E-state index in [2.05, 4.69) is 55.3 Å². The zero-order valence-corrected chi connectivity index (χ0v) is 22.6. The van der Waals surface area contributed by atoms with E-state index in [0.29, 0.717) is 13.1 Å². The fourth-order valence-electron chi connectivity index (χ4n) is 5.17. The van der Waals surface area contributed by atoms with Crippen LogP contribution in [0.4, 0.5) is 17.1 Å². The number of ether oxygens (including phenoxy) is 1. The molecule has 9 heteroatoms. The smallest absolute Gasteiger partial charge is 0.248 e. The van der Waals surface area contributed by atoms with Gasteiger partial charge >= 0.3 is 0 Å². The summed E-state index contributed by atoms with van der Waals surface area (Å²) in [5.41, 5.74) is 3.64. The second-order valence-electron chi connectivity index (χ2n) is 11.2. The molecule has 0 bridgehead atoms. The zero-order valence-electron chi connectivity index (χ0n) is 22.6. The minimum Gasteiger partial charge on any atom is -0.382 e. The van der Waals surface area contributed by atoms with Crippen LogP contribution < -0.4 is 15.4 Å². The fourth-order valence-corrected chi connectivity index (χ4v) is 5.17. The number of hydrogen-bond acceptors (Lipinski definition) is 8. The lowest BCUT2D eigenvalue weighted by atomic mass is 9.87. The lowest BCUT2D eigenvalue weighted by molar-refractivity contribution is -0.139. The zero-order chi connectivity index (χ0) is 27.3. The summed E-state index contributed by atoms with van der Waals surface area (Å²) in [6.45, 7) is 9.81. The van der Waals surface area contributed by atoms with Crippen molar-refractivity contribution in [3.05, 3.63) is 53.6 Å². The van der Waals surface area contributed by atoms with E-state index in [-0.39, 0.29) is 46.6 Å². The van der Waals surface area contributed by atoms with E-state index in [9.17, 15) is 20.5 Å². The van der Waals surface area contributed by atoms with Gasteiger partial charge in [0.05, 0.1) is 11.7 Å². The predicted octanol–water partition coefficient (Wildman–Crippen LogP) is 4.53. The number of amides is 1. The highest BCUT2D eigenvalue weighted by atomic mass is 16.8. The average Bonchev–Trinajstić information content (AvgIpc) is 2.92. The fraction of sp³-hybridized carbons (Fsp3) is 0.517. The molecule has 2 aliphatic rings. The van der Waals surface area contributed by atoms with E-state index < -0.39 is 0 Å². The van der Waals surface area contributed by atoms with Crippen molar-refractivity contribution in [2.24, 2.45) is 0 Å². The van der Waals surface area contributed by atoms with Crippen molar-refractivity contribution < 1.29 is 19.9 Å². The van der Waals surface area contributed by atoms with Crippen LogP contribution in [0.3, 0.4) is 0 Å². The van der Waals surface area contributed by atoms with Crippen molar-refractivity contribution in [1.82, 2.24) is 4.90 Å². The highest BCUT2D eigenvalue weighted by Gasteiger charge is 2.26. The molecule has 0 atom stereocenters. The summed E-state index contributed by atoms with van der Waals surface area (Å²) < 4.78 is 5.99. The first-order valence-corrected chi connectivity index (χ1v) is 13.4. The first-order chi connectivity index (χ1) is 18.1. The van der Waals surface area contributed by atoms with Crippen LogP contribution >= 0.6 is 0 Å². The van der Waals surface area contributed by atoms with Crippen molar-refractivity contribution in [1.29, 1.82) is 5.26 Å². The van der Waals surface area contributed by atoms with Crippen LogP contribution in [0.15, 0.2) is 42.5 Å². The molecule has 0 radical (unpaired) electrons. The number of nitriles is 1. The summed E-state index contributed by atoms with van der Waals surface area (Å²) in [6, 6.07) is 15.8. The maximum atomic E-state index is 12.8. The Hall–Kier alpha value is -3.32.